The normalized spacial score (nSPS) is 15.2. The number of halogens is 1. The fourth-order valence-electron chi connectivity index (χ4n) is 1.96. The number of benzene rings is 1. The van der Waals surface area contributed by atoms with E-state index in [1.807, 2.05) is 12.1 Å². The predicted molar refractivity (Wildman–Crippen MR) is 71.8 cm³/mol. The summed E-state index contributed by atoms with van der Waals surface area (Å²) in [5, 5.41) is 0.970. The van der Waals surface area contributed by atoms with Crippen LogP contribution in [0.25, 0.3) is 10.9 Å². The minimum absolute atomic E-state index is 0.518. The number of hydrazine groups is 1. The van der Waals surface area contributed by atoms with Crippen molar-refractivity contribution in [1.82, 2.24) is 9.97 Å². The molecule has 88 valence electrons. The Hall–Kier alpha value is -1.20. The molecule has 2 aromatic rings. The Morgan fingerprint density at radius 2 is 2.12 bits per heavy atom. The quantitative estimate of drug-likeness (QED) is 0.660. The number of nitrogens with one attached hydrogen (secondary N) is 1. The summed E-state index contributed by atoms with van der Waals surface area (Å²) in [5.74, 6) is 7.68. The summed E-state index contributed by atoms with van der Waals surface area (Å²) in [6, 6.07) is 3.98. The van der Waals surface area contributed by atoms with Crippen molar-refractivity contribution in [3.63, 3.8) is 0 Å². The third kappa shape index (κ3) is 1.79. The van der Waals surface area contributed by atoms with Crippen LogP contribution in [0.3, 0.4) is 0 Å². The van der Waals surface area contributed by atoms with Crippen molar-refractivity contribution in [3.05, 3.63) is 28.0 Å². The van der Waals surface area contributed by atoms with Gasteiger partial charge in [-0.1, -0.05) is 15.9 Å². The van der Waals surface area contributed by atoms with Crippen molar-refractivity contribution in [1.29, 1.82) is 0 Å². The third-order valence-corrected chi connectivity index (χ3v) is 4.01. The van der Waals surface area contributed by atoms with Crippen molar-refractivity contribution in [2.75, 3.05) is 5.43 Å². The van der Waals surface area contributed by atoms with Gasteiger partial charge in [-0.05, 0) is 37.5 Å². The lowest BCUT2D eigenvalue weighted by Gasteiger charge is -2.10. The molecular formula is C12H13BrN4. The second-order valence-corrected chi connectivity index (χ2v) is 5.27. The molecule has 1 aliphatic rings. The third-order valence-electron chi connectivity index (χ3n) is 3.15. The van der Waals surface area contributed by atoms with E-state index in [1.165, 1.54) is 12.8 Å². The Labute approximate surface area is 108 Å². The molecule has 3 rings (SSSR count). The van der Waals surface area contributed by atoms with E-state index in [4.69, 9.17) is 5.84 Å². The first-order valence-electron chi connectivity index (χ1n) is 5.64. The largest absolute Gasteiger partial charge is 0.308 e. The van der Waals surface area contributed by atoms with Gasteiger partial charge in [-0.25, -0.2) is 15.8 Å². The maximum Gasteiger partial charge on any atom is 0.151 e. The SMILES string of the molecule is Cc1c(Br)ccc2c(NN)nc(C3CC3)nc12. The Bertz CT molecular complexity index is 593. The van der Waals surface area contributed by atoms with E-state index in [1.54, 1.807) is 0 Å². The van der Waals surface area contributed by atoms with Crippen LogP contribution in [0.1, 0.15) is 30.1 Å². The number of aromatic nitrogens is 2. The van der Waals surface area contributed by atoms with Gasteiger partial charge in [0.2, 0.25) is 0 Å². The second kappa shape index (κ2) is 3.92. The molecule has 0 unspecified atom stereocenters. The topological polar surface area (TPSA) is 63.8 Å². The van der Waals surface area contributed by atoms with Crippen LogP contribution in [0.15, 0.2) is 16.6 Å². The molecule has 0 saturated heterocycles. The van der Waals surface area contributed by atoms with Crippen LogP contribution in [0.5, 0.6) is 0 Å². The first kappa shape index (κ1) is 10.9. The average molecular weight is 293 g/mol. The van der Waals surface area contributed by atoms with Crippen molar-refractivity contribution in [2.45, 2.75) is 25.7 Å². The lowest BCUT2D eigenvalue weighted by atomic mass is 10.1. The van der Waals surface area contributed by atoms with Crippen molar-refractivity contribution >= 4 is 32.7 Å². The number of aryl methyl sites for hydroxylation is 1. The molecule has 0 spiro atoms. The molecule has 1 aromatic heterocycles. The van der Waals surface area contributed by atoms with E-state index >= 15 is 0 Å². The molecule has 0 radical (unpaired) electrons. The van der Waals surface area contributed by atoms with Gasteiger partial charge in [-0.2, -0.15) is 0 Å². The summed E-state index contributed by atoms with van der Waals surface area (Å²) < 4.78 is 1.06. The first-order valence-corrected chi connectivity index (χ1v) is 6.43. The van der Waals surface area contributed by atoms with Gasteiger partial charge < -0.3 is 5.43 Å². The van der Waals surface area contributed by atoms with E-state index in [0.717, 1.165) is 26.8 Å². The van der Waals surface area contributed by atoms with Gasteiger partial charge in [0, 0.05) is 15.8 Å². The molecule has 3 N–H and O–H groups in total. The van der Waals surface area contributed by atoms with Crippen LogP contribution in [-0.2, 0) is 0 Å². The molecule has 1 aromatic carbocycles. The Morgan fingerprint density at radius 3 is 2.76 bits per heavy atom. The molecule has 0 aliphatic heterocycles. The molecule has 1 aliphatic carbocycles. The molecule has 17 heavy (non-hydrogen) atoms. The number of anilines is 1. The molecule has 0 bridgehead atoms. The van der Waals surface area contributed by atoms with E-state index in [-0.39, 0.29) is 0 Å². The molecule has 0 amide bonds. The summed E-state index contributed by atoms with van der Waals surface area (Å²) in [5.41, 5.74) is 4.78. The van der Waals surface area contributed by atoms with E-state index in [9.17, 15) is 0 Å². The first-order chi connectivity index (χ1) is 8.20. The monoisotopic (exact) mass is 292 g/mol. The zero-order valence-electron chi connectivity index (χ0n) is 9.50. The maximum absolute atomic E-state index is 5.54. The van der Waals surface area contributed by atoms with E-state index < -0.39 is 0 Å². The summed E-state index contributed by atoms with van der Waals surface area (Å²) in [7, 11) is 0. The number of nitrogens with zero attached hydrogens (tertiary/aromatic N) is 2. The smallest absolute Gasteiger partial charge is 0.151 e. The van der Waals surface area contributed by atoms with Gasteiger partial charge in [-0.15, -0.1) is 0 Å². The lowest BCUT2D eigenvalue weighted by molar-refractivity contribution is 0.944. The van der Waals surface area contributed by atoms with Gasteiger partial charge in [0.05, 0.1) is 5.52 Å². The van der Waals surface area contributed by atoms with Gasteiger partial charge in [0.15, 0.2) is 5.82 Å². The minimum Gasteiger partial charge on any atom is -0.308 e. The number of nitrogens with two attached hydrogens (primary N) is 1. The van der Waals surface area contributed by atoms with Gasteiger partial charge in [0.1, 0.15) is 5.82 Å². The zero-order valence-corrected chi connectivity index (χ0v) is 11.1. The average Bonchev–Trinajstić information content (AvgIpc) is 3.17. The summed E-state index contributed by atoms with van der Waals surface area (Å²) in [6.45, 7) is 2.05. The number of fused-ring (bicyclic) bond motifs is 1. The highest BCUT2D eigenvalue weighted by Gasteiger charge is 2.27. The fourth-order valence-corrected chi connectivity index (χ4v) is 2.28. The molecule has 1 fully saturated rings. The van der Waals surface area contributed by atoms with Crippen LogP contribution in [0.4, 0.5) is 5.82 Å². The van der Waals surface area contributed by atoms with Crippen molar-refractivity contribution < 1.29 is 0 Å². The minimum atomic E-state index is 0.518. The molecule has 5 heteroatoms. The Morgan fingerprint density at radius 1 is 1.35 bits per heavy atom. The standard InChI is InChI=1S/C12H13BrN4/c1-6-9(13)5-4-8-10(6)15-11(7-2-3-7)16-12(8)17-14/h4-5,7H,2-3,14H2,1H3,(H,15,16,17). The van der Waals surface area contributed by atoms with Crippen LogP contribution >= 0.6 is 15.9 Å². The molecule has 1 saturated carbocycles. The highest BCUT2D eigenvalue weighted by atomic mass is 79.9. The van der Waals surface area contributed by atoms with Crippen LogP contribution in [0.2, 0.25) is 0 Å². The van der Waals surface area contributed by atoms with Crippen LogP contribution < -0.4 is 11.3 Å². The molecule has 0 atom stereocenters. The Balaban J connectivity index is 2.32. The lowest BCUT2D eigenvalue weighted by Crippen LogP contribution is -2.11. The zero-order chi connectivity index (χ0) is 12.0. The van der Waals surface area contributed by atoms with Gasteiger partial charge in [-0.3, -0.25) is 0 Å². The number of hydrogen-bond acceptors (Lipinski definition) is 4. The highest BCUT2D eigenvalue weighted by Crippen LogP contribution is 2.40. The summed E-state index contributed by atoms with van der Waals surface area (Å²) in [4.78, 5) is 9.16. The van der Waals surface area contributed by atoms with E-state index in [2.05, 4.69) is 38.2 Å². The molecule has 1 heterocycles. The number of hydrogen-bond donors (Lipinski definition) is 2. The van der Waals surface area contributed by atoms with Gasteiger partial charge >= 0.3 is 0 Å². The highest BCUT2D eigenvalue weighted by molar-refractivity contribution is 9.10. The number of nitrogen functional groups attached to an aromatic ring is 1. The summed E-state index contributed by atoms with van der Waals surface area (Å²) in [6.07, 6.45) is 2.37. The maximum atomic E-state index is 5.54. The second-order valence-electron chi connectivity index (χ2n) is 4.42. The molecule has 4 nitrogen and oxygen atoms in total. The summed E-state index contributed by atoms with van der Waals surface area (Å²) >= 11 is 3.53. The van der Waals surface area contributed by atoms with Crippen LogP contribution in [-0.4, -0.2) is 9.97 Å². The number of rotatable bonds is 2. The van der Waals surface area contributed by atoms with Crippen LogP contribution in [0, 0.1) is 6.92 Å². The molecular weight excluding hydrogens is 280 g/mol. The fraction of sp³-hybridized carbons (Fsp3) is 0.333. The van der Waals surface area contributed by atoms with Crippen molar-refractivity contribution in [3.8, 4) is 0 Å². The Kier molecular flexibility index (Phi) is 2.52. The predicted octanol–water partition coefficient (Wildman–Crippen LogP) is 2.86. The van der Waals surface area contributed by atoms with Crippen molar-refractivity contribution in [2.24, 2.45) is 5.84 Å². The van der Waals surface area contributed by atoms with Gasteiger partial charge in [0.25, 0.3) is 0 Å². The van der Waals surface area contributed by atoms with E-state index in [0.29, 0.717) is 11.7 Å².